The lowest BCUT2D eigenvalue weighted by Gasteiger charge is -2.11. The van der Waals surface area contributed by atoms with Crippen molar-refractivity contribution in [2.45, 2.75) is 4.90 Å². The molecule has 1 amide bonds. The van der Waals surface area contributed by atoms with Crippen molar-refractivity contribution < 1.29 is 31.9 Å². The highest BCUT2D eigenvalue weighted by atomic mass is 35.5. The molecule has 0 unspecified atom stereocenters. The summed E-state index contributed by atoms with van der Waals surface area (Å²) in [7, 11) is -1.38. The number of rotatable bonds is 7. The Morgan fingerprint density at radius 3 is 2.50 bits per heavy atom. The molecule has 0 saturated carbocycles. The molecule has 28 heavy (non-hydrogen) atoms. The topological polar surface area (TPSA) is 111 Å². The molecule has 0 bridgehead atoms. The van der Waals surface area contributed by atoms with Crippen LogP contribution in [0.1, 0.15) is 10.4 Å². The number of esters is 1. The number of hydrogen-bond donors (Lipinski definition) is 2. The van der Waals surface area contributed by atoms with E-state index in [4.69, 9.17) is 21.1 Å². The summed E-state index contributed by atoms with van der Waals surface area (Å²) in [6.45, 7) is -0.645. The van der Waals surface area contributed by atoms with Crippen LogP contribution in [0.5, 0.6) is 5.75 Å². The molecule has 0 fully saturated rings. The van der Waals surface area contributed by atoms with Gasteiger partial charge >= 0.3 is 5.97 Å². The fourth-order valence-electron chi connectivity index (χ4n) is 2.11. The van der Waals surface area contributed by atoms with Gasteiger partial charge < -0.3 is 14.8 Å². The van der Waals surface area contributed by atoms with Crippen molar-refractivity contribution in [3.8, 4) is 5.75 Å². The van der Waals surface area contributed by atoms with Crippen LogP contribution in [-0.4, -0.2) is 41.1 Å². The van der Waals surface area contributed by atoms with Crippen LogP contribution in [0.4, 0.5) is 10.1 Å². The van der Waals surface area contributed by atoms with E-state index in [1.165, 1.54) is 38.4 Å². The van der Waals surface area contributed by atoms with E-state index in [9.17, 15) is 22.4 Å². The molecular weight excluding hydrogens is 415 g/mol. The number of amides is 1. The van der Waals surface area contributed by atoms with Crippen LogP contribution >= 0.6 is 11.6 Å². The van der Waals surface area contributed by atoms with Crippen molar-refractivity contribution in [1.82, 2.24) is 4.72 Å². The van der Waals surface area contributed by atoms with Crippen LogP contribution in [0.3, 0.4) is 0 Å². The van der Waals surface area contributed by atoms with Crippen molar-refractivity contribution in [3.63, 3.8) is 0 Å². The fraction of sp³-hybridized carbons (Fsp3) is 0.176. The molecule has 8 nitrogen and oxygen atoms in total. The average Bonchev–Trinajstić information content (AvgIpc) is 2.68. The molecular formula is C17H16ClFN2O6S. The Bertz CT molecular complexity index is 1010. The SMILES string of the molecule is CNS(=O)(=O)c1cc(C(=O)OCC(=O)Nc2ccc(F)c(Cl)c2)ccc1OC. The zero-order valence-corrected chi connectivity index (χ0v) is 16.4. The first-order valence-electron chi connectivity index (χ1n) is 7.71. The van der Waals surface area contributed by atoms with E-state index in [2.05, 4.69) is 10.0 Å². The van der Waals surface area contributed by atoms with Gasteiger partial charge in [0.2, 0.25) is 10.0 Å². The summed E-state index contributed by atoms with van der Waals surface area (Å²) in [5.74, 6) is -2.20. The van der Waals surface area contributed by atoms with Gasteiger partial charge in [-0.1, -0.05) is 11.6 Å². The Balaban J connectivity index is 2.07. The summed E-state index contributed by atoms with van der Waals surface area (Å²) in [6, 6.07) is 7.23. The molecule has 11 heteroatoms. The Morgan fingerprint density at radius 1 is 1.18 bits per heavy atom. The van der Waals surface area contributed by atoms with Gasteiger partial charge in [0.25, 0.3) is 5.91 Å². The van der Waals surface area contributed by atoms with Crippen molar-refractivity contribution >= 4 is 39.2 Å². The molecule has 2 rings (SSSR count). The summed E-state index contributed by atoms with van der Waals surface area (Å²) in [5, 5.41) is 2.21. The molecule has 0 aliphatic rings. The number of halogens is 2. The van der Waals surface area contributed by atoms with Gasteiger partial charge in [-0.2, -0.15) is 0 Å². The van der Waals surface area contributed by atoms with Gasteiger partial charge in [0.05, 0.1) is 17.7 Å². The Kier molecular flexibility index (Phi) is 6.95. The van der Waals surface area contributed by atoms with Gasteiger partial charge in [-0.3, -0.25) is 4.79 Å². The second kappa shape index (κ2) is 9.00. The quantitative estimate of drug-likeness (QED) is 0.651. The smallest absolute Gasteiger partial charge is 0.338 e. The van der Waals surface area contributed by atoms with Crippen LogP contribution in [0, 0.1) is 5.82 Å². The van der Waals surface area contributed by atoms with Crippen molar-refractivity contribution in [2.75, 3.05) is 26.1 Å². The molecule has 2 N–H and O–H groups in total. The lowest BCUT2D eigenvalue weighted by atomic mass is 10.2. The minimum Gasteiger partial charge on any atom is -0.495 e. The van der Waals surface area contributed by atoms with E-state index in [0.29, 0.717) is 0 Å². The summed E-state index contributed by atoms with van der Waals surface area (Å²) < 4.78 is 49.1. The predicted molar refractivity (Wildman–Crippen MR) is 99.6 cm³/mol. The number of methoxy groups -OCH3 is 1. The molecule has 0 aliphatic heterocycles. The molecule has 0 aromatic heterocycles. The van der Waals surface area contributed by atoms with Gasteiger partial charge in [0.1, 0.15) is 16.5 Å². The second-order valence-electron chi connectivity index (χ2n) is 5.33. The van der Waals surface area contributed by atoms with Crippen LogP contribution in [0.15, 0.2) is 41.3 Å². The molecule has 0 spiro atoms. The number of ether oxygens (including phenoxy) is 2. The van der Waals surface area contributed by atoms with Gasteiger partial charge in [0.15, 0.2) is 6.61 Å². The van der Waals surface area contributed by atoms with Crippen LogP contribution in [0.25, 0.3) is 0 Å². The average molecular weight is 431 g/mol. The van der Waals surface area contributed by atoms with E-state index in [0.717, 1.165) is 12.1 Å². The monoisotopic (exact) mass is 430 g/mol. The number of anilines is 1. The second-order valence-corrected chi connectivity index (χ2v) is 7.59. The maximum atomic E-state index is 13.1. The van der Waals surface area contributed by atoms with E-state index in [1.54, 1.807) is 0 Å². The molecule has 0 saturated heterocycles. The lowest BCUT2D eigenvalue weighted by molar-refractivity contribution is -0.119. The predicted octanol–water partition coefficient (Wildman–Crippen LogP) is 2.19. The summed E-state index contributed by atoms with van der Waals surface area (Å²) in [6.07, 6.45) is 0. The number of hydrogen-bond acceptors (Lipinski definition) is 6. The minimum atomic E-state index is -3.88. The van der Waals surface area contributed by atoms with Crippen LogP contribution in [-0.2, 0) is 19.6 Å². The van der Waals surface area contributed by atoms with E-state index >= 15 is 0 Å². The molecule has 0 radical (unpaired) electrons. The Labute approximate surface area is 165 Å². The number of sulfonamides is 1. The first-order valence-corrected chi connectivity index (χ1v) is 9.57. The normalized spacial score (nSPS) is 11.0. The Morgan fingerprint density at radius 2 is 1.89 bits per heavy atom. The standard InChI is InChI=1S/C17H16ClFN2O6S/c1-20-28(24,25)15-7-10(3-6-14(15)26-2)17(23)27-9-16(22)21-11-4-5-13(19)12(18)8-11/h3-8,20H,9H2,1-2H3,(H,21,22). The summed E-state index contributed by atoms with van der Waals surface area (Å²) in [4.78, 5) is 23.8. The van der Waals surface area contributed by atoms with Gasteiger partial charge in [-0.25, -0.2) is 22.3 Å². The van der Waals surface area contributed by atoms with Crippen LogP contribution < -0.4 is 14.8 Å². The number of benzene rings is 2. The lowest BCUT2D eigenvalue weighted by Crippen LogP contribution is -2.22. The Hall–Kier alpha value is -2.69. The molecule has 2 aromatic carbocycles. The highest BCUT2D eigenvalue weighted by Gasteiger charge is 2.21. The summed E-state index contributed by atoms with van der Waals surface area (Å²) >= 11 is 5.62. The fourth-order valence-corrected chi connectivity index (χ4v) is 3.21. The minimum absolute atomic E-state index is 0.0387. The third-order valence-corrected chi connectivity index (χ3v) is 5.22. The largest absolute Gasteiger partial charge is 0.495 e. The molecule has 150 valence electrons. The number of carbonyl (C=O) groups is 2. The third-order valence-electron chi connectivity index (χ3n) is 3.50. The zero-order valence-electron chi connectivity index (χ0n) is 14.8. The van der Waals surface area contributed by atoms with Gasteiger partial charge in [0, 0.05) is 5.69 Å². The number of nitrogens with one attached hydrogen (secondary N) is 2. The molecule has 2 aromatic rings. The molecule has 0 aliphatic carbocycles. The first kappa shape index (κ1) is 21.6. The third kappa shape index (κ3) is 5.18. The molecule has 0 atom stereocenters. The van der Waals surface area contributed by atoms with Crippen LogP contribution in [0.2, 0.25) is 5.02 Å². The van der Waals surface area contributed by atoms with Gasteiger partial charge in [-0.15, -0.1) is 0 Å². The maximum absolute atomic E-state index is 13.1. The summed E-state index contributed by atoms with van der Waals surface area (Å²) in [5.41, 5.74) is 0.131. The molecule has 0 heterocycles. The first-order chi connectivity index (χ1) is 13.2. The van der Waals surface area contributed by atoms with Crippen molar-refractivity contribution in [1.29, 1.82) is 0 Å². The van der Waals surface area contributed by atoms with Gasteiger partial charge in [-0.05, 0) is 43.4 Å². The highest BCUT2D eigenvalue weighted by molar-refractivity contribution is 7.89. The van der Waals surface area contributed by atoms with E-state index in [1.807, 2.05) is 0 Å². The van der Waals surface area contributed by atoms with E-state index in [-0.39, 0.29) is 26.9 Å². The number of carbonyl (C=O) groups excluding carboxylic acids is 2. The van der Waals surface area contributed by atoms with Crippen molar-refractivity contribution in [2.24, 2.45) is 0 Å². The van der Waals surface area contributed by atoms with E-state index < -0.39 is 34.3 Å². The highest BCUT2D eigenvalue weighted by Crippen LogP contribution is 2.25. The zero-order chi connectivity index (χ0) is 20.9. The maximum Gasteiger partial charge on any atom is 0.338 e. The van der Waals surface area contributed by atoms with Crippen molar-refractivity contribution in [3.05, 3.63) is 52.8 Å².